The van der Waals surface area contributed by atoms with Crippen molar-refractivity contribution in [3.8, 4) is 0 Å². The van der Waals surface area contributed by atoms with E-state index in [1.165, 1.54) is 4.80 Å². The Morgan fingerprint density at radius 1 is 1.56 bits per heavy atom. The van der Waals surface area contributed by atoms with Gasteiger partial charge in [-0.25, -0.2) is 0 Å². The lowest BCUT2D eigenvalue weighted by molar-refractivity contribution is -0.0321. The molecule has 2 heterocycles. The van der Waals surface area contributed by atoms with Gasteiger partial charge >= 0.3 is 0 Å². The molecule has 2 rings (SSSR count). The highest BCUT2D eigenvalue weighted by Crippen LogP contribution is 2.08. The zero-order valence-corrected chi connectivity index (χ0v) is 9.70. The predicted molar refractivity (Wildman–Crippen MR) is 57.7 cm³/mol. The molecule has 2 unspecified atom stereocenters. The second-order valence-corrected chi connectivity index (χ2v) is 4.23. The standard InChI is InChI=1S/C9H18N6O/c1-14-3-4-16-8(6-14)7(10)5-9-11-13-15(2)12-9/h7-8H,3-6,10H2,1-2H3. The minimum Gasteiger partial charge on any atom is -0.374 e. The third-order valence-corrected chi connectivity index (χ3v) is 2.74. The smallest absolute Gasteiger partial charge is 0.176 e. The van der Waals surface area contributed by atoms with E-state index in [1.54, 1.807) is 7.05 Å². The molecule has 2 N–H and O–H groups in total. The lowest BCUT2D eigenvalue weighted by Crippen LogP contribution is -2.50. The molecule has 0 aromatic carbocycles. The van der Waals surface area contributed by atoms with E-state index in [0.717, 1.165) is 19.7 Å². The number of nitrogens with zero attached hydrogens (tertiary/aromatic N) is 5. The molecule has 0 amide bonds. The van der Waals surface area contributed by atoms with Crippen molar-refractivity contribution in [3.63, 3.8) is 0 Å². The summed E-state index contributed by atoms with van der Waals surface area (Å²) in [5.74, 6) is 0.673. The zero-order chi connectivity index (χ0) is 11.5. The van der Waals surface area contributed by atoms with E-state index in [1.807, 2.05) is 0 Å². The normalized spacial score (nSPS) is 24.6. The van der Waals surface area contributed by atoms with E-state index in [-0.39, 0.29) is 12.1 Å². The third kappa shape index (κ3) is 2.75. The maximum atomic E-state index is 6.08. The summed E-state index contributed by atoms with van der Waals surface area (Å²) in [4.78, 5) is 3.66. The molecule has 0 saturated carbocycles. The van der Waals surface area contributed by atoms with E-state index in [0.29, 0.717) is 12.2 Å². The molecule has 90 valence electrons. The number of hydrogen-bond donors (Lipinski definition) is 1. The molecule has 1 fully saturated rings. The average Bonchev–Trinajstić information content (AvgIpc) is 2.64. The molecule has 7 nitrogen and oxygen atoms in total. The number of nitrogens with two attached hydrogens (primary N) is 1. The van der Waals surface area contributed by atoms with Gasteiger partial charge in [0.05, 0.1) is 19.8 Å². The third-order valence-electron chi connectivity index (χ3n) is 2.74. The van der Waals surface area contributed by atoms with Crippen LogP contribution in [0, 0.1) is 0 Å². The number of hydrogen-bond acceptors (Lipinski definition) is 6. The molecule has 0 aliphatic carbocycles. The van der Waals surface area contributed by atoms with Crippen molar-refractivity contribution in [1.82, 2.24) is 25.1 Å². The number of likely N-dealkylation sites (N-methyl/N-ethyl adjacent to an activating group) is 1. The first-order valence-corrected chi connectivity index (χ1v) is 5.44. The monoisotopic (exact) mass is 226 g/mol. The quantitative estimate of drug-likeness (QED) is 0.669. The van der Waals surface area contributed by atoms with Gasteiger partial charge in [0.1, 0.15) is 0 Å². The van der Waals surface area contributed by atoms with Crippen molar-refractivity contribution in [2.45, 2.75) is 18.6 Å². The van der Waals surface area contributed by atoms with E-state index >= 15 is 0 Å². The van der Waals surface area contributed by atoms with Crippen molar-refractivity contribution < 1.29 is 4.74 Å². The molecular formula is C9H18N6O. The van der Waals surface area contributed by atoms with E-state index in [4.69, 9.17) is 10.5 Å². The van der Waals surface area contributed by atoms with Gasteiger partial charge in [0.15, 0.2) is 5.82 Å². The van der Waals surface area contributed by atoms with E-state index in [2.05, 4.69) is 27.4 Å². The summed E-state index contributed by atoms with van der Waals surface area (Å²) in [7, 11) is 3.82. The molecule has 2 atom stereocenters. The number of tetrazole rings is 1. The summed E-state index contributed by atoms with van der Waals surface area (Å²) >= 11 is 0. The second-order valence-electron chi connectivity index (χ2n) is 4.23. The molecule has 0 bridgehead atoms. The van der Waals surface area contributed by atoms with Crippen LogP contribution in [0.5, 0.6) is 0 Å². The summed E-state index contributed by atoms with van der Waals surface area (Å²) < 4.78 is 5.64. The number of morpholine rings is 1. The fourth-order valence-electron chi connectivity index (χ4n) is 1.82. The SMILES string of the molecule is CN1CCOC(C(N)Cc2nnn(C)n2)C1. The van der Waals surface area contributed by atoms with E-state index < -0.39 is 0 Å². The molecule has 0 spiro atoms. The van der Waals surface area contributed by atoms with Crippen molar-refractivity contribution in [3.05, 3.63) is 5.82 Å². The Kier molecular flexibility index (Phi) is 3.47. The molecule has 1 aromatic rings. The van der Waals surface area contributed by atoms with Crippen molar-refractivity contribution in [2.75, 3.05) is 26.7 Å². The highest BCUT2D eigenvalue weighted by atomic mass is 16.5. The van der Waals surface area contributed by atoms with Gasteiger partial charge in [-0.15, -0.1) is 10.2 Å². The van der Waals surface area contributed by atoms with E-state index in [9.17, 15) is 0 Å². The Morgan fingerprint density at radius 3 is 3.00 bits per heavy atom. The highest BCUT2D eigenvalue weighted by Gasteiger charge is 2.25. The Bertz CT molecular complexity index is 340. The Balaban J connectivity index is 1.89. The van der Waals surface area contributed by atoms with Crippen LogP contribution in [0.4, 0.5) is 0 Å². The van der Waals surface area contributed by atoms with Crippen LogP contribution in [0.2, 0.25) is 0 Å². The van der Waals surface area contributed by atoms with Crippen LogP contribution in [-0.4, -0.2) is 64.0 Å². The summed E-state index contributed by atoms with van der Waals surface area (Å²) in [6, 6.07) is -0.0769. The Hall–Kier alpha value is -1.05. The predicted octanol–water partition coefficient (Wildman–Crippen LogP) is -1.59. The fraction of sp³-hybridized carbons (Fsp3) is 0.889. The van der Waals surface area contributed by atoms with Gasteiger partial charge in [-0.05, 0) is 12.3 Å². The summed E-state index contributed by atoms with van der Waals surface area (Å²) in [5, 5.41) is 11.8. The number of rotatable bonds is 3. The average molecular weight is 226 g/mol. The summed E-state index contributed by atoms with van der Waals surface area (Å²) in [6.07, 6.45) is 0.661. The first-order chi connectivity index (χ1) is 7.65. The van der Waals surface area contributed by atoms with Gasteiger partial charge < -0.3 is 15.4 Å². The molecule has 16 heavy (non-hydrogen) atoms. The van der Waals surface area contributed by atoms with Crippen molar-refractivity contribution in [2.24, 2.45) is 12.8 Å². The molecule has 1 saturated heterocycles. The molecular weight excluding hydrogens is 208 g/mol. The first kappa shape index (κ1) is 11.4. The highest BCUT2D eigenvalue weighted by molar-refractivity contribution is 4.89. The van der Waals surface area contributed by atoms with Crippen molar-refractivity contribution >= 4 is 0 Å². The van der Waals surface area contributed by atoms with Crippen LogP contribution in [0.15, 0.2) is 0 Å². The van der Waals surface area contributed by atoms with Gasteiger partial charge in [0, 0.05) is 25.6 Å². The zero-order valence-electron chi connectivity index (χ0n) is 9.70. The largest absolute Gasteiger partial charge is 0.374 e. The van der Waals surface area contributed by atoms with Gasteiger partial charge in [-0.3, -0.25) is 0 Å². The van der Waals surface area contributed by atoms with Gasteiger partial charge in [0.2, 0.25) is 0 Å². The maximum Gasteiger partial charge on any atom is 0.176 e. The Morgan fingerprint density at radius 2 is 2.38 bits per heavy atom. The van der Waals surface area contributed by atoms with Crippen LogP contribution < -0.4 is 5.73 Å². The van der Waals surface area contributed by atoms with Crippen molar-refractivity contribution in [1.29, 1.82) is 0 Å². The number of aryl methyl sites for hydroxylation is 1. The lowest BCUT2D eigenvalue weighted by Gasteiger charge is -2.33. The molecule has 1 aromatic heterocycles. The molecule has 0 radical (unpaired) electrons. The molecule has 1 aliphatic heterocycles. The van der Waals surface area contributed by atoms with Crippen LogP contribution in [-0.2, 0) is 18.2 Å². The topological polar surface area (TPSA) is 82.1 Å². The summed E-state index contributed by atoms with van der Waals surface area (Å²) in [6.45, 7) is 2.57. The van der Waals surface area contributed by atoms with Crippen LogP contribution in [0.25, 0.3) is 0 Å². The number of aromatic nitrogens is 4. The number of ether oxygens (including phenoxy) is 1. The second kappa shape index (κ2) is 4.86. The van der Waals surface area contributed by atoms with Gasteiger partial charge in [-0.2, -0.15) is 4.80 Å². The maximum absolute atomic E-state index is 6.08. The first-order valence-electron chi connectivity index (χ1n) is 5.44. The summed E-state index contributed by atoms with van der Waals surface area (Å²) in [5.41, 5.74) is 6.08. The lowest BCUT2D eigenvalue weighted by atomic mass is 10.1. The molecule has 7 heteroatoms. The minimum absolute atomic E-state index is 0.0579. The molecule has 1 aliphatic rings. The van der Waals surface area contributed by atoms with Crippen LogP contribution in [0.3, 0.4) is 0 Å². The van der Waals surface area contributed by atoms with Gasteiger partial charge in [0.25, 0.3) is 0 Å². The van der Waals surface area contributed by atoms with Gasteiger partial charge in [-0.1, -0.05) is 0 Å². The fourth-order valence-corrected chi connectivity index (χ4v) is 1.82. The Labute approximate surface area is 94.5 Å². The van der Waals surface area contributed by atoms with Crippen LogP contribution in [0.1, 0.15) is 5.82 Å². The minimum atomic E-state index is -0.0769. The van der Waals surface area contributed by atoms with Crippen LogP contribution >= 0.6 is 0 Å².